The fraction of sp³-hybridized carbons (Fsp3) is 0.500. The van der Waals surface area contributed by atoms with Crippen molar-refractivity contribution in [3.63, 3.8) is 0 Å². The number of morpholine rings is 1. The molecule has 0 aliphatic carbocycles. The number of aromatic nitrogens is 2. The SMILES string of the molecule is CSc1cc(C)[nH]c(=O)c1CNC(=O)c1cc(-c2ccc(N3C[C@@H](C)O[C@@H](C)C3)nc2)c2c(c1C)OC(C)(C1CCN(C(=O)C(F)(F)F)CC1)O2. The zero-order chi connectivity index (χ0) is 36.8. The normalized spacial score (nSPS) is 22.3. The second-order valence-corrected chi connectivity index (χ2v) is 14.5. The first-order valence-corrected chi connectivity index (χ1v) is 18.1. The van der Waals surface area contributed by atoms with E-state index in [9.17, 15) is 27.6 Å². The Bertz CT molecular complexity index is 1870. The predicted octanol–water partition coefficient (Wildman–Crippen LogP) is 5.61. The molecular weight excluding hydrogens is 687 g/mol. The summed E-state index contributed by atoms with van der Waals surface area (Å²) in [7, 11) is 0. The first kappa shape index (κ1) is 36.5. The number of piperidine rings is 1. The van der Waals surface area contributed by atoms with E-state index in [4.69, 9.17) is 19.2 Å². The van der Waals surface area contributed by atoms with Gasteiger partial charge in [-0.25, -0.2) is 4.98 Å². The van der Waals surface area contributed by atoms with Crippen molar-refractivity contribution in [2.24, 2.45) is 5.92 Å². The van der Waals surface area contributed by atoms with Gasteiger partial charge in [0, 0.05) is 90.2 Å². The van der Waals surface area contributed by atoms with Gasteiger partial charge in [0.1, 0.15) is 5.82 Å². The summed E-state index contributed by atoms with van der Waals surface area (Å²) in [6, 6.07) is 7.38. The highest BCUT2D eigenvalue weighted by Crippen LogP contribution is 2.52. The van der Waals surface area contributed by atoms with Gasteiger partial charge >= 0.3 is 12.1 Å². The molecule has 0 saturated carbocycles. The minimum Gasteiger partial charge on any atom is -0.448 e. The molecule has 0 radical (unpaired) electrons. The third-order valence-electron chi connectivity index (χ3n) is 9.78. The van der Waals surface area contributed by atoms with Crippen LogP contribution in [0.5, 0.6) is 11.5 Å². The van der Waals surface area contributed by atoms with Crippen LogP contribution in [0.15, 0.2) is 40.2 Å². The van der Waals surface area contributed by atoms with Gasteiger partial charge in [-0.15, -0.1) is 11.8 Å². The number of nitrogens with zero attached hydrogens (tertiary/aromatic N) is 3. The van der Waals surface area contributed by atoms with Gasteiger partial charge in [0.2, 0.25) is 0 Å². The van der Waals surface area contributed by atoms with Gasteiger partial charge in [-0.3, -0.25) is 14.4 Å². The summed E-state index contributed by atoms with van der Waals surface area (Å²) >= 11 is 1.42. The number of halogens is 3. The van der Waals surface area contributed by atoms with Crippen LogP contribution >= 0.6 is 11.8 Å². The van der Waals surface area contributed by atoms with Crippen molar-refractivity contribution in [3.05, 3.63) is 63.2 Å². The number of amides is 2. The number of thioether (sulfide) groups is 1. The number of rotatable bonds is 7. The Hall–Kier alpha value is -4.24. The number of nitrogens with one attached hydrogen (secondary N) is 2. The third-order valence-corrected chi connectivity index (χ3v) is 10.6. The van der Waals surface area contributed by atoms with Crippen molar-refractivity contribution in [2.45, 2.75) is 83.1 Å². The second-order valence-electron chi connectivity index (χ2n) is 13.6. The van der Waals surface area contributed by atoms with E-state index in [1.165, 1.54) is 11.8 Å². The summed E-state index contributed by atoms with van der Waals surface area (Å²) in [6.07, 6.45) is -0.831. The number of aromatic amines is 1. The summed E-state index contributed by atoms with van der Waals surface area (Å²) < 4.78 is 58.4. The van der Waals surface area contributed by atoms with Crippen LogP contribution in [0.2, 0.25) is 0 Å². The Balaban J connectivity index is 1.32. The maximum atomic E-state index is 13.9. The molecule has 11 nitrogen and oxygen atoms in total. The molecule has 0 bridgehead atoms. The maximum absolute atomic E-state index is 13.9. The minimum atomic E-state index is -4.94. The molecule has 2 amide bonds. The molecule has 6 rings (SSSR count). The van der Waals surface area contributed by atoms with Gasteiger partial charge in [0.05, 0.1) is 12.2 Å². The number of likely N-dealkylation sites (tertiary alicyclic amines) is 1. The maximum Gasteiger partial charge on any atom is 0.471 e. The van der Waals surface area contributed by atoms with E-state index in [0.717, 1.165) is 15.6 Å². The largest absolute Gasteiger partial charge is 0.471 e. The molecule has 3 aromatic rings. The van der Waals surface area contributed by atoms with Crippen LogP contribution in [0.3, 0.4) is 0 Å². The van der Waals surface area contributed by atoms with Gasteiger partial charge in [-0.05, 0) is 71.1 Å². The van der Waals surface area contributed by atoms with Gasteiger partial charge in [-0.2, -0.15) is 13.2 Å². The molecule has 1 unspecified atom stereocenters. The lowest BCUT2D eigenvalue weighted by Gasteiger charge is -2.38. The third kappa shape index (κ3) is 7.41. The lowest BCUT2D eigenvalue weighted by molar-refractivity contribution is -0.189. The molecule has 2 saturated heterocycles. The highest BCUT2D eigenvalue weighted by Gasteiger charge is 2.50. The average Bonchev–Trinajstić information content (AvgIpc) is 3.45. The summed E-state index contributed by atoms with van der Waals surface area (Å²) in [5, 5.41) is 2.90. The Morgan fingerprint density at radius 3 is 2.35 bits per heavy atom. The number of anilines is 1. The van der Waals surface area contributed by atoms with E-state index in [1.54, 1.807) is 33.0 Å². The Labute approximate surface area is 298 Å². The Morgan fingerprint density at radius 1 is 1.08 bits per heavy atom. The molecule has 2 aromatic heterocycles. The second kappa shape index (κ2) is 14.1. The number of benzene rings is 1. The zero-order valence-corrected chi connectivity index (χ0v) is 30.2. The molecule has 2 N–H and O–H groups in total. The predicted molar refractivity (Wildman–Crippen MR) is 186 cm³/mol. The van der Waals surface area contributed by atoms with Gasteiger partial charge in [0.15, 0.2) is 11.5 Å². The van der Waals surface area contributed by atoms with Crippen LogP contribution in [0.1, 0.15) is 60.8 Å². The van der Waals surface area contributed by atoms with Crippen LogP contribution in [0, 0.1) is 19.8 Å². The number of H-pyrrole nitrogens is 1. The van der Waals surface area contributed by atoms with Gasteiger partial charge in [-0.1, -0.05) is 0 Å². The number of carbonyl (C=O) groups excluding carboxylic acids is 2. The smallest absolute Gasteiger partial charge is 0.448 e. The zero-order valence-electron chi connectivity index (χ0n) is 29.4. The summed E-state index contributed by atoms with van der Waals surface area (Å²) in [6.45, 7) is 10.5. The molecule has 2 fully saturated rings. The quantitative estimate of drug-likeness (QED) is 0.299. The number of hydrogen-bond donors (Lipinski definition) is 2. The van der Waals surface area contributed by atoms with Crippen LogP contribution in [0.4, 0.5) is 19.0 Å². The minimum absolute atomic E-state index is 0.00653. The number of alkyl halides is 3. The van der Waals surface area contributed by atoms with Crippen molar-refractivity contribution < 1.29 is 37.0 Å². The van der Waals surface area contributed by atoms with Gasteiger partial charge < -0.3 is 34.3 Å². The van der Waals surface area contributed by atoms with Gasteiger partial charge in [0.25, 0.3) is 17.3 Å². The number of carbonyl (C=O) groups is 2. The van der Waals surface area contributed by atoms with E-state index in [-0.39, 0.29) is 56.2 Å². The molecule has 51 heavy (non-hydrogen) atoms. The van der Waals surface area contributed by atoms with Crippen molar-refractivity contribution in [2.75, 3.05) is 37.3 Å². The molecule has 274 valence electrons. The highest BCUT2D eigenvalue weighted by molar-refractivity contribution is 7.98. The Morgan fingerprint density at radius 2 is 1.75 bits per heavy atom. The number of hydrogen-bond acceptors (Lipinski definition) is 9. The summed E-state index contributed by atoms with van der Waals surface area (Å²) in [5.74, 6) is -2.41. The first-order chi connectivity index (χ1) is 24.1. The number of pyridine rings is 2. The first-order valence-electron chi connectivity index (χ1n) is 16.9. The topological polar surface area (TPSA) is 126 Å². The van der Waals surface area contributed by atoms with E-state index < -0.39 is 23.8 Å². The van der Waals surface area contributed by atoms with Crippen LogP contribution < -0.4 is 25.2 Å². The summed E-state index contributed by atoms with van der Waals surface area (Å²) in [5.41, 5.74) is 2.89. The van der Waals surface area contributed by atoms with Crippen molar-refractivity contribution in [3.8, 4) is 22.6 Å². The van der Waals surface area contributed by atoms with Crippen LogP contribution in [0.25, 0.3) is 11.1 Å². The van der Waals surface area contributed by atoms with E-state index in [1.807, 2.05) is 38.3 Å². The molecule has 1 aromatic carbocycles. The fourth-order valence-electron chi connectivity index (χ4n) is 7.18. The monoisotopic (exact) mass is 729 g/mol. The van der Waals surface area contributed by atoms with Crippen LogP contribution in [-0.2, 0) is 16.1 Å². The molecule has 3 aliphatic rings. The molecule has 3 atom stereocenters. The standard InChI is InChI=1S/C36H42F3N5O6S/c1-19-13-28(51-6)27(33(46)42-19)16-41-32(45)25-14-26(23-7-8-29(40-15-23)44-17-20(2)48-21(3)18-44)31-30(22(25)4)49-35(5,50-31)24-9-11-43(12-10-24)34(47)36(37,38)39/h7-8,13-15,20-21,24H,9-12,16-18H2,1-6H3,(H,41,45)(H,42,46)/t20-,21+,35?. The number of ether oxygens (including phenoxy) is 3. The molecule has 5 heterocycles. The lowest BCUT2D eigenvalue weighted by Crippen LogP contribution is -2.51. The molecular formula is C36H42F3N5O6S. The summed E-state index contributed by atoms with van der Waals surface area (Å²) in [4.78, 5) is 49.8. The molecule has 0 spiro atoms. The van der Waals surface area contributed by atoms with E-state index in [2.05, 4.69) is 15.2 Å². The number of fused-ring (bicyclic) bond motifs is 1. The van der Waals surface area contributed by atoms with Crippen LogP contribution in [-0.4, -0.2) is 83.3 Å². The molecule has 3 aliphatic heterocycles. The molecule has 15 heteroatoms. The number of aryl methyl sites for hydroxylation is 1. The average molecular weight is 730 g/mol. The lowest BCUT2D eigenvalue weighted by atomic mass is 9.89. The van der Waals surface area contributed by atoms with Crippen molar-refractivity contribution in [1.82, 2.24) is 20.2 Å². The Kier molecular flexibility index (Phi) is 10.1. The van der Waals surface area contributed by atoms with Crippen molar-refractivity contribution in [1.29, 1.82) is 0 Å². The van der Waals surface area contributed by atoms with E-state index >= 15 is 0 Å². The van der Waals surface area contributed by atoms with E-state index in [0.29, 0.717) is 58.1 Å². The van der Waals surface area contributed by atoms with Crippen molar-refractivity contribution >= 4 is 29.4 Å². The highest BCUT2D eigenvalue weighted by atomic mass is 32.2. The fourth-order valence-corrected chi connectivity index (χ4v) is 7.89.